The Morgan fingerprint density at radius 2 is 1.71 bits per heavy atom. The van der Waals surface area contributed by atoms with Crippen LogP contribution in [0.25, 0.3) is 0 Å². The van der Waals surface area contributed by atoms with Crippen molar-refractivity contribution < 1.29 is 24.8 Å². The molecule has 2 fully saturated rings. The number of hydrogen-bond donors (Lipinski definition) is 2. The monoisotopic (exact) mass is 486 g/mol. The minimum Gasteiger partial charge on any atom is -0.393 e. The lowest BCUT2D eigenvalue weighted by Crippen LogP contribution is -2.59. The van der Waals surface area contributed by atoms with Crippen molar-refractivity contribution in [1.82, 2.24) is 0 Å². The topological polar surface area (TPSA) is 83.8 Å². The highest BCUT2D eigenvalue weighted by molar-refractivity contribution is 6.11. The lowest BCUT2D eigenvalue weighted by molar-refractivity contribution is -0.297. The van der Waals surface area contributed by atoms with Crippen LogP contribution in [0.3, 0.4) is 0 Å². The summed E-state index contributed by atoms with van der Waals surface area (Å²) in [5.41, 5.74) is -0.393. The molecule has 196 valence electrons. The third-order valence-electron chi connectivity index (χ3n) is 11.3. The first-order valence-corrected chi connectivity index (χ1v) is 13.5. The molecule has 4 aliphatic carbocycles. The molecular formula is C30H46O5. The van der Waals surface area contributed by atoms with Crippen LogP contribution in [0.1, 0.15) is 100 Å². The van der Waals surface area contributed by atoms with Crippen molar-refractivity contribution in [2.45, 2.75) is 112 Å². The number of Topliss-reactive ketones (excluding diaryl/α,β-unsaturated/α-hetero) is 2. The van der Waals surface area contributed by atoms with Crippen molar-refractivity contribution in [3.63, 3.8) is 0 Å². The van der Waals surface area contributed by atoms with E-state index in [4.69, 9.17) is 5.26 Å². The SMILES string of the molecule is C[C@@H](C/C=C/C(C)(C)OO)[C@@H]1CC[C@]2(C)C3=C(C(=O)C[C@@]12C)[C@@]1(C)CC[C@H](O)C(C)(C)[C@@H]1CC3=O. The molecule has 0 amide bonds. The maximum absolute atomic E-state index is 14.0. The van der Waals surface area contributed by atoms with E-state index in [1.165, 1.54) is 0 Å². The summed E-state index contributed by atoms with van der Waals surface area (Å²) in [4.78, 5) is 32.5. The van der Waals surface area contributed by atoms with Crippen LogP contribution in [0.15, 0.2) is 23.3 Å². The van der Waals surface area contributed by atoms with Gasteiger partial charge >= 0.3 is 0 Å². The minimum absolute atomic E-state index is 0.0136. The zero-order valence-corrected chi connectivity index (χ0v) is 23.0. The fraction of sp³-hybridized carbons (Fsp3) is 0.800. The van der Waals surface area contributed by atoms with Crippen molar-refractivity contribution >= 4 is 11.6 Å². The highest BCUT2D eigenvalue weighted by Gasteiger charge is 2.67. The molecule has 5 heteroatoms. The second kappa shape index (κ2) is 8.36. The predicted octanol–water partition coefficient (Wildman–Crippen LogP) is 6.31. The molecule has 0 aliphatic heterocycles. The summed E-state index contributed by atoms with van der Waals surface area (Å²) < 4.78 is 0. The molecule has 0 bridgehead atoms. The summed E-state index contributed by atoms with van der Waals surface area (Å²) in [5, 5.41) is 19.8. The highest BCUT2D eigenvalue weighted by Crippen LogP contribution is 2.71. The van der Waals surface area contributed by atoms with E-state index in [0.29, 0.717) is 31.1 Å². The summed E-state index contributed by atoms with van der Waals surface area (Å²) in [6.07, 6.45) is 8.64. The van der Waals surface area contributed by atoms with Crippen molar-refractivity contribution in [3.8, 4) is 0 Å². The van der Waals surface area contributed by atoms with Gasteiger partial charge in [0, 0.05) is 34.8 Å². The van der Waals surface area contributed by atoms with Gasteiger partial charge in [-0.1, -0.05) is 53.7 Å². The quantitative estimate of drug-likeness (QED) is 0.270. The van der Waals surface area contributed by atoms with E-state index in [1.54, 1.807) is 0 Å². The van der Waals surface area contributed by atoms with E-state index in [2.05, 4.69) is 52.5 Å². The summed E-state index contributed by atoms with van der Waals surface area (Å²) in [7, 11) is 0. The molecule has 35 heavy (non-hydrogen) atoms. The summed E-state index contributed by atoms with van der Waals surface area (Å²) in [5.74, 6) is 0.962. The summed E-state index contributed by atoms with van der Waals surface area (Å²) in [6.45, 7) is 16.7. The van der Waals surface area contributed by atoms with E-state index in [-0.39, 0.29) is 33.7 Å². The van der Waals surface area contributed by atoms with Gasteiger partial charge in [-0.2, -0.15) is 0 Å². The van der Waals surface area contributed by atoms with Crippen molar-refractivity contribution in [1.29, 1.82) is 0 Å². The standard InChI is InChI=1S/C30H46O5/c1-18(10-9-13-26(2,3)35-34)19-11-15-29(7)25-20(31)16-22-27(4,5)23(33)12-14-28(22,6)24(25)21(32)17-30(19,29)8/h9,13,18-19,22-23,33-34H,10-12,14-17H2,1-8H3/b13-9+/t18-,19-,22-,23-,28-,29+,30-/m0/s1. The first-order chi connectivity index (χ1) is 16.0. The second-order valence-electron chi connectivity index (χ2n) is 14.0. The largest absolute Gasteiger partial charge is 0.393 e. The molecule has 4 rings (SSSR count). The molecule has 0 heterocycles. The van der Waals surface area contributed by atoms with Gasteiger partial charge in [0.25, 0.3) is 0 Å². The minimum atomic E-state index is -0.726. The Labute approximate surface area is 211 Å². The zero-order chi connectivity index (χ0) is 26.2. The van der Waals surface area contributed by atoms with Gasteiger partial charge < -0.3 is 5.11 Å². The predicted molar refractivity (Wildman–Crippen MR) is 137 cm³/mol. The fourth-order valence-corrected chi connectivity index (χ4v) is 8.87. The van der Waals surface area contributed by atoms with Crippen LogP contribution in [0.4, 0.5) is 0 Å². The molecule has 4 aliphatic rings. The molecule has 0 saturated heterocycles. The average Bonchev–Trinajstić information content (AvgIpc) is 3.03. The number of hydrogen-bond acceptors (Lipinski definition) is 5. The van der Waals surface area contributed by atoms with Gasteiger partial charge in [0.1, 0.15) is 5.60 Å². The number of ketones is 2. The lowest BCUT2D eigenvalue weighted by atomic mass is 9.43. The number of allylic oxidation sites excluding steroid dienone is 3. The van der Waals surface area contributed by atoms with Gasteiger partial charge in [0.05, 0.1) is 6.10 Å². The molecule has 5 nitrogen and oxygen atoms in total. The average molecular weight is 487 g/mol. The van der Waals surface area contributed by atoms with Crippen molar-refractivity contribution in [2.24, 2.45) is 39.4 Å². The van der Waals surface area contributed by atoms with Gasteiger partial charge in [-0.15, -0.1) is 0 Å². The van der Waals surface area contributed by atoms with Gasteiger partial charge in [-0.3, -0.25) is 14.8 Å². The van der Waals surface area contributed by atoms with E-state index < -0.39 is 17.1 Å². The highest BCUT2D eigenvalue weighted by atomic mass is 17.1. The van der Waals surface area contributed by atoms with Gasteiger partial charge in [-0.05, 0) is 74.5 Å². The molecule has 0 aromatic rings. The normalized spacial score (nSPS) is 42.2. The van der Waals surface area contributed by atoms with Gasteiger partial charge in [0.2, 0.25) is 0 Å². The Bertz CT molecular complexity index is 973. The van der Waals surface area contributed by atoms with Gasteiger partial charge in [-0.25, -0.2) is 4.89 Å². The Morgan fingerprint density at radius 3 is 2.34 bits per heavy atom. The summed E-state index contributed by atoms with van der Waals surface area (Å²) >= 11 is 0. The zero-order valence-electron chi connectivity index (χ0n) is 23.0. The smallest absolute Gasteiger partial charge is 0.160 e. The molecule has 7 atom stereocenters. The Balaban J connectivity index is 1.72. The molecule has 0 unspecified atom stereocenters. The van der Waals surface area contributed by atoms with Crippen molar-refractivity contribution in [2.75, 3.05) is 0 Å². The van der Waals surface area contributed by atoms with E-state index in [9.17, 15) is 14.7 Å². The number of carbonyl (C=O) groups is 2. The van der Waals surface area contributed by atoms with Crippen LogP contribution >= 0.6 is 0 Å². The van der Waals surface area contributed by atoms with E-state index in [1.807, 2.05) is 19.9 Å². The molecule has 2 saturated carbocycles. The lowest BCUT2D eigenvalue weighted by Gasteiger charge is -2.60. The number of carbonyl (C=O) groups excluding carboxylic acids is 2. The van der Waals surface area contributed by atoms with Crippen LogP contribution in [-0.4, -0.2) is 33.6 Å². The maximum Gasteiger partial charge on any atom is 0.160 e. The molecule has 0 spiro atoms. The summed E-state index contributed by atoms with van der Waals surface area (Å²) in [6, 6.07) is 0. The first kappa shape index (κ1) is 26.8. The Hall–Kier alpha value is -1.30. The Morgan fingerprint density at radius 1 is 1.06 bits per heavy atom. The van der Waals surface area contributed by atoms with Gasteiger partial charge in [0.15, 0.2) is 11.6 Å². The maximum atomic E-state index is 14.0. The van der Waals surface area contributed by atoms with Crippen LogP contribution < -0.4 is 0 Å². The van der Waals surface area contributed by atoms with E-state index >= 15 is 0 Å². The fourth-order valence-electron chi connectivity index (χ4n) is 8.87. The number of fused-ring (bicyclic) bond motifs is 4. The molecule has 0 aromatic heterocycles. The molecule has 0 radical (unpaired) electrons. The van der Waals surface area contributed by atoms with Crippen molar-refractivity contribution in [3.05, 3.63) is 23.3 Å². The van der Waals surface area contributed by atoms with Crippen LogP contribution in [0.2, 0.25) is 0 Å². The van der Waals surface area contributed by atoms with Crippen LogP contribution in [0.5, 0.6) is 0 Å². The second-order valence-corrected chi connectivity index (χ2v) is 14.0. The van der Waals surface area contributed by atoms with E-state index in [0.717, 1.165) is 36.8 Å². The number of aliphatic hydroxyl groups excluding tert-OH is 1. The number of rotatable bonds is 5. The molecule has 0 aromatic carbocycles. The third-order valence-corrected chi connectivity index (χ3v) is 11.3. The first-order valence-electron chi connectivity index (χ1n) is 13.5. The Kier molecular flexibility index (Phi) is 6.39. The van der Waals surface area contributed by atoms with Crippen LogP contribution in [-0.2, 0) is 14.5 Å². The molecular weight excluding hydrogens is 440 g/mol. The molecule has 2 N–H and O–H groups in total. The third kappa shape index (κ3) is 3.75. The number of aliphatic hydroxyl groups is 1. The van der Waals surface area contributed by atoms with Crippen LogP contribution in [0, 0.1) is 39.4 Å².